The van der Waals surface area contributed by atoms with Crippen LogP contribution in [0.3, 0.4) is 0 Å². The predicted octanol–water partition coefficient (Wildman–Crippen LogP) is 1.72. The molecule has 5 heteroatoms. The van der Waals surface area contributed by atoms with Crippen LogP contribution in [0.5, 0.6) is 5.75 Å². The molecule has 0 amide bonds. The number of benzene rings is 1. The molecule has 1 aromatic carbocycles. The van der Waals surface area contributed by atoms with Crippen molar-refractivity contribution < 1.29 is 14.6 Å². The van der Waals surface area contributed by atoms with Gasteiger partial charge in [0.25, 0.3) is 0 Å². The van der Waals surface area contributed by atoms with Crippen LogP contribution in [0, 0.1) is 0 Å². The van der Waals surface area contributed by atoms with Gasteiger partial charge >= 0.3 is 5.97 Å². The third-order valence-corrected chi connectivity index (χ3v) is 2.75. The third kappa shape index (κ3) is 5.10. The second-order valence-electron chi connectivity index (χ2n) is 3.39. The highest BCUT2D eigenvalue weighted by molar-refractivity contribution is 7.98. The lowest BCUT2D eigenvalue weighted by Crippen LogP contribution is -2.23. The molecule has 17 heavy (non-hydrogen) atoms. The van der Waals surface area contributed by atoms with Crippen molar-refractivity contribution in [3.05, 3.63) is 29.8 Å². The zero-order valence-corrected chi connectivity index (χ0v) is 10.6. The molecular formula is C12H17NO3S. The highest BCUT2D eigenvalue weighted by Gasteiger charge is 2.09. The van der Waals surface area contributed by atoms with Crippen molar-refractivity contribution in [1.82, 2.24) is 5.32 Å². The number of hydrogen-bond acceptors (Lipinski definition) is 4. The Bertz CT molecular complexity index is 357. The predicted molar refractivity (Wildman–Crippen MR) is 70.1 cm³/mol. The normalized spacial score (nSPS) is 10.2. The van der Waals surface area contributed by atoms with Crippen molar-refractivity contribution in [1.29, 1.82) is 0 Å². The van der Waals surface area contributed by atoms with Crippen LogP contribution in [-0.2, 0) is 0 Å². The first-order chi connectivity index (χ1) is 8.25. The van der Waals surface area contributed by atoms with Crippen LogP contribution in [0.25, 0.3) is 0 Å². The largest absolute Gasteiger partial charge is 0.491 e. The molecule has 0 aliphatic heterocycles. The van der Waals surface area contributed by atoms with Gasteiger partial charge in [-0.25, -0.2) is 4.79 Å². The second-order valence-corrected chi connectivity index (χ2v) is 4.38. The first kappa shape index (κ1) is 13.9. The summed E-state index contributed by atoms with van der Waals surface area (Å²) in [5.41, 5.74) is 0.205. The Morgan fingerprint density at radius 1 is 1.41 bits per heavy atom. The van der Waals surface area contributed by atoms with Gasteiger partial charge in [-0.15, -0.1) is 0 Å². The first-order valence-electron chi connectivity index (χ1n) is 5.40. The highest BCUT2D eigenvalue weighted by Crippen LogP contribution is 2.17. The quantitative estimate of drug-likeness (QED) is 0.693. The van der Waals surface area contributed by atoms with Gasteiger partial charge in [0.2, 0.25) is 0 Å². The fraction of sp³-hybridized carbons (Fsp3) is 0.417. The van der Waals surface area contributed by atoms with Gasteiger partial charge in [-0.1, -0.05) is 12.1 Å². The molecule has 4 nitrogen and oxygen atoms in total. The summed E-state index contributed by atoms with van der Waals surface area (Å²) in [7, 11) is 0. The first-order valence-corrected chi connectivity index (χ1v) is 6.80. The van der Waals surface area contributed by atoms with E-state index in [0.717, 1.165) is 12.3 Å². The number of nitrogens with one attached hydrogen (secondary N) is 1. The van der Waals surface area contributed by atoms with Crippen molar-refractivity contribution in [3.63, 3.8) is 0 Å². The molecule has 1 rings (SSSR count). The van der Waals surface area contributed by atoms with Gasteiger partial charge in [-0.05, 0) is 18.4 Å². The lowest BCUT2D eigenvalue weighted by Gasteiger charge is -2.09. The lowest BCUT2D eigenvalue weighted by atomic mass is 10.2. The van der Waals surface area contributed by atoms with Crippen LogP contribution >= 0.6 is 11.8 Å². The minimum absolute atomic E-state index is 0.205. The van der Waals surface area contributed by atoms with E-state index in [4.69, 9.17) is 9.84 Å². The highest BCUT2D eigenvalue weighted by atomic mass is 32.2. The van der Waals surface area contributed by atoms with Crippen LogP contribution in [0.2, 0.25) is 0 Å². The van der Waals surface area contributed by atoms with Crippen molar-refractivity contribution in [2.75, 3.05) is 31.7 Å². The number of carbonyl (C=O) groups is 1. The summed E-state index contributed by atoms with van der Waals surface area (Å²) < 4.78 is 5.43. The maximum Gasteiger partial charge on any atom is 0.339 e. The Balaban J connectivity index is 2.34. The number of rotatable bonds is 8. The van der Waals surface area contributed by atoms with Crippen LogP contribution in [-0.4, -0.2) is 42.8 Å². The molecule has 0 unspecified atom stereocenters. The molecule has 0 aliphatic carbocycles. The van der Waals surface area contributed by atoms with E-state index < -0.39 is 5.97 Å². The minimum Gasteiger partial charge on any atom is -0.491 e. The molecule has 0 spiro atoms. The van der Waals surface area contributed by atoms with Gasteiger partial charge in [0.15, 0.2) is 0 Å². The zero-order valence-electron chi connectivity index (χ0n) is 9.81. The van der Waals surface area contributed by atoms with E-state index in [2.05, 4.69) is 11.6 Å². The van der Waals surface area contributed by atoms with Crippen molar-refractivity contribution >= 4 is 17.7 Å². The smallest absolute Gasteiger partial charge is 0.339 e. The number of ether oxygens (including phenoxy) is 1. The Kier molecular flexibility index (Phi) is 6.50. The van der Waals surface area contributed by atoms with Crippen molar-refractivity contribution in [2.24, 2.45) is 0 Å². The number of thioether (sulfide) groups is 1. The fourth-order valence-electron chi connectivity index (χ4n) is 1.30. The Morgan fingerprint density at radius 2 is 2.18 bits per heavy atom. The van der Waals surface area contributed by atoms with E-state index in [-0.39, 0.29) is 5.56 Å². The molecule has 94 valence electrons. The van der Waals surface area contributed by atoms with Gasteiger partial charge < -0.3 is 15.2 Å². The molecule has 0 fully saturated rings. The van der Waals surface area contributed by atoms with E-state index >= 15 is 0 Å². The summed E-state index contributed by atoms with van der Waals surface area (Å²) in [5.74, 6) is 0.522. The van der Waals surface area contributed by atoms with E-state index in [0.29, 0.717) is 18.9 Å². The van der Waals surface area contributed by atoms with Crippen LogP contribution in [0.1, 0.15) is 10.4 Å². The molecule has 0 saturated heterocycles. The minimum atomic E-state index is -0.962. The number of aromatic carboxylic acids is 1. The molecule has 0 radical (unpaired) electrons. The van der Waals surface area contributed by atoms with Gasteiger partial charge in [0.1, 0.15) is 17.9 Å². The van der Waals surface area contributed by atoms with E-state index in [1.165, 1.54) is 0 Å². The zero-order chi connectivity index (χ0) is 12.5. The standard InChI is InChI=1S/C12H17NO3S/c1-17-9-7-13-6-8-16-11-5-3-2-4-10(11)12(14)15/h2-5,13H,6-9H2,1H3,(H,14,15). The molecule has 0 saturated carbocycles. The van der Waals surface area contributed by atoms with E-state index in [1.807, 2.05) is 0 Å². The molecule has 0 aliphatic rings. The Hall–Kier alpha value is -1.20. The molecule has 0 heterocycles. The van der Waals surface area contributed by atoms with E-state index in [1.54, 1.807) is 36.0 Å². The molecule has 1 aromatic rings. The molecule has 0 atom stereocenters. The number of carboxylic acids is 1. The maximum absolute atomic E-state index is 10.9. The summed E-state index contributed by atoms with van der Waals surface area (Å²) in [5, 5.41) is 12.2. The van der Waals surface area contributed by atoms with Crippen LogP contribution in [0.4, 0.5) is 0 Å². The van der Waals surface area contributed by atoms with Gasteiger partial charge in [-0.3, -0.25) is 0 Å². The molecule has 2 N–H and O–H groups in total. The monoisotopic (exact) mass is 255 g/mol. The molecule has 0 bridgehead atoms. The fourth-order valence-corrected chi connectivity index (χ4v) is 1.65. The summed E-state index contributed by atoms with van der Waals surface area (Å²) >= 11 is 1.78. The second kappa shape index (κ2) is 7.97. The third-order valence-electron chi connectivity index (χ3n) is 2.14. The number of para-hydroxylation sites is 1. The number of hydrogen-bond donors (Lipinski definition) is 2. The van der Waals surface area contributed by atoms with Gasteiger partial charge in [0, 0.05) is 18.8 Å². The topological polar surface area (TPSA) is 58.6 Å². The maximum atomic E-state index is 10.9. The Labute approximate surface area is 105 Å². The van der Waals surface area contributed by atoms with Gasteiger partial charge in [-0.2, -0.15) is 11.8 Å². The Morgan fingerprint density at radius 3 is 2.88 bits per heavy atom. The number of carboxylic acid groups (broad SMARTS) is 1. The van der Waals surface area contributed by atoms with Gasteiger partial charge in [0.05, 0.1) is 0 Å². The van der Waals surface area contributed by atoms with Crippen molar-refractivity contribution in [3.8, 4) is 5.75 Å². The summed E-state index contributed by atoms with van der Waals surface area (Å²) in [6, 6.07) is 6.67. The lowest BCUT2D eigenvalue weighted by molar-refractivity contribution is 0.0692. The molecular weight excluding hydrogens is 238 g/mol. The van der Waals surface area contributed by atoms with Crippen LogP contribution in [0.15, 0.2) is 24.3 Å². The average molecular weight is 255 g/mol. The van der Waals surface area contributed by atoms with E-state index in [9.17, 15) is 4.79 Å². The average Bonchev–Trinajstić information content (AvgIpc) is 2.34. The summed E-state index contributed by atoms with van der Waals surface area (Å²) in [6.07, 6.45) is 2.06. The summed E-state index contributed by atoms with van der Waals surface area (Å²) in [6.45, 7) is 2.12. The van der Waals surface area contributed by atoms with Crippen molar-refractivity contribution in [2.45, 2.75) is 0 Å². The summed E-state index contributed by atoms with van der Waals surface area (Å²) in [4.78, 5) is 10.9. The SMILES string of the molecule is CSCCNCCOc1ccccc1C(=O)O. The van der Waals surface area contributed by atoms with Crippen LogP contribution < -0.4 is 10.1 Å². The molecule has 0 aromatic heterocycles.